The summed E-state index contributed by atoms with van der Waals surface area (Å²) < 4.78 is 21.6. The van der Waals surface area contributed by atoms with E-state index in [2.05, 4.69) is 59.9 Å². The smallest absolute Gasteiger partial charge is 0.0654 e. The van der Waals surface area contributed by atoms with Gasteiger partial charge < -0.3 is 0 Å². The molecule has 1 heterocycles. The Kier molecular flexibility index (Phi) is 30.2. The summed E-state index contributed by atoms with van der Waals surface area (Å²) in [6, 6.07) is 9.23. The van der Waals surface area contributed by atoms with Crippen molar-refractivity contribution in [3.8, 4) is 27.7 Å². The maximum absolute atomic E-state index is 6.66. The van der Waals surface area contributed by atoms with Crippen molar-refractivity contribution in [3.63, 3.8) is 0 Å². The van der Waals surface area contributed by atoms with E-state index in [1.54, 1.807) is 2.89 Å². The predicted molar refractivity (Wildman–Crippen MR) is 245 cm³/mol. The van der Waals surface area contributed by atoms with Gasteiger partial charge in [0.1, 0.15) is 0 Å². The number of rotatable bonds is 38. The standard InChI is InChI=1S/C46H79O3S.3CH3.Sn/c1-4-7-10-13-16-19-22-25-28-31-36-47-43-40-42(45-35-34-39-50-45)41-44(48-37-32-29-26-23-20-17-14-11-8-5-2)46(43)49-38-33-30-27-24-21-18-15-12-9-6-3;;;;/h34-35,40-41H,4-33,36-38H2,1-3H3;3*1H3;. The zero-order valence-electron chi connectivity index (χ0n) is 36.8. The molecule has 0 spiro atoms. The van der Waals surface area contributed by atoms with Crippen LogP contribution in [-0.2, 0) is 0 Å². The van der Waals surface area contributed by atoms with Crippen LogP contribution in [0.2, 0.25) is 14.8 Å². The van der Waals surface area contributed by atoms with Crippen molar-refractivity contribution in [3.05, 3.63) is 24.3 Å². The van der Waals surface area contributed by atoms with E-state index in [1.165, 1.54) is 184 Å². The molecule has 1 aromatic carbocycles. The van der Waals surface area contributed by atoms with E-state index in [0.29, 0.717) is 0 Å². The van der Waals surface area contributed by atoms with E-state index in [-0.39, 0.29) is 0 Å². The Morgan fingerprint density at radius 2 is 0.722 bits per heavy atom. The van der Waals surface area contributed by atoms with Crippen LogP contribution in [0.5, 0.6) is 17.2 Å². The first-order valence-electron chi connectivity index (χ1n) is 23.6. The van der Waals surface area contributed by atoms with Gasteiger partial charge in [-0.1, -0.05) is 143 Å². The van der Waals surface area contributed by atoms with Crippen LogP contribution < -0.4 is 17.1 Å². The van der Waals surface area contributed by atoms with Crippen LogP contribution in [0.15, 0.2) is 24.3 Å². The summed E-state index contributed by atoms with van der Waals surface area (Å²) in [6.07, 6.45) is 39.9. The summed E-state index contributed by atoms with van der Waals surface area (Å²) in [5.74, 6) is 2.59. The van der Waals surface area contributed by atoms with Crippen molar-refractivity contribution < 1.29 is 14.2 Å². The number of unbranched alkanes of at least 4 members (excludes halogenated alkanes) is 27. The summed E-state index contributed by atoms with van der Waals surface area (Å²) >= 11 is -0.186. The van der Waals surface area contributed by atoms with Gasteiger partial charge in [-0.05, 0) is 0 Å². The zero-order valence-corrected chi connectivity index (χ0v) is 40.4. The molecule has 2 rings (SSSR count). The Balaban J connectivity index is 2.05. The fourth-order valence-corrected chi connectivity index (χ4v) is 13.6. The molecule has 0 fully saturated rings. The second-order valence-corrected chi connectivity index (χ2v) is 33.8. The second kappa shape index (κ2) is 33.1. The van der Waals surface area contributed by atoms with Crippen LogP contribution in [0.25, 0.3) is 10.4 Å². The van der Waals surface area contributed by atoms with E-state index >= 15 is 0 Å². The minimum absolute atomic E-state index is 0.723. The molecule has 0 aliphatic heterocycles. The third-order valence-electron chi connectivity index (χ3n) is 10.9. The molecular formula is C49H88O3SSn. The molecule has 5 heteroatoms. The molecule has 54 heavy (non-hydrogen) atoms. The van der Waals surface area contributed by atoms with Crippen LogP contribution in [0.3, 0.4) is 0 Å². The Hall–Kier alpha value is -0.881. The summed E-state index contributed by atoms with van der Waals surface area (Å²) in [5, 5.41) is 0. The molecule has 312 valence electrons. The van der Waals surface area contributed by atoms with Crippen molar-refractivity contribution in [2.75, 3.05) is 19.8 Å². The van der Waals surface area contributed by atoms with Gasteiger partial charge in [0.15, 0.2) is 0 Å². The van der Waals surface area contributed by atoms with Gasteiger partial charge in [-0.15, -0.1) is 0 Å². The quantitative estimate of drug-likeness (QED) is 0.0497. The minimum atomic E-state index is -2.17. The predicted octanol–water partition coefficient (Wildman–Crippen LogP) is 16.9. The average molecular weight is 876 g/mol. The van der Waals surface area contributed by atoms with Gasteiger partial charge in [0.2, 0.25) is 0 Å². The SMILES string of the molecule is CCCCCCCCCCCCOc1cc(-c2cc[c]([Sn]([CH3])([CH3])[CH3])s2)cc(OCCCCCCCCCCCC)c1OCCCCCCCCCCCC. The van der Waals surface area contributed by atoms with Crippen LogP contribution in [-0.4, -0.2) is 38.2 Å². The Bertz CT molecular complexity index is 1090. The second-order valence-electron chi connectivity index (χ2n) is 17.3. The van der Waals surface area contributed by atoms with Crippen molar-refractivity contribution in [2.24, 2.45) is 0 Å². The van der Waals surface area contributed by atoms with Crippen LogP contribution >= 0.6 is 11.3 Å². The molecule has 0 amide bonds. The van der Waals surface area contributed by atoms with Crippen LogP contribution in [0.4, 0.5) is 0 Å². The van der Waals surface area contributed by atoms with Crippen molar-refractivity contribution in [1.29, 1.82) is 0 Å². The first-order chi connectivity index (χ1) is 26.4. The topological polar surface area (TPSA) is 27.7 Å². The fraction of sp³-hybridized carbons (Fsp3) is 0.796. The molecule has 0 saturated heterocycles. The molecular weight excluding hydrogens is 787 g/mol. The summed E-state index contributed by atoms with van der Waals surface area (Å²) in [7, 11) is 0. The Labute approximate surface area is 344 Å². The monoisotopic (exact) mass is 877 g/mol. The van der Waals surface area contributed by atoms with Gasteiger partial charge in [-0.25, -0.2) is 0 Å². The molecule has 0 unspecified atom stereocenters. The van der Waals surface area contributed by atoms with Gasteiger partial charge in [-0.3, -0.25) is 0 Å². The zero-order chi connectivity index (χ0) is 39.0. The van der Waals surface area contributed by atoms with E-state index in [9.17, 15) is 0 Å². The molecule has 1 aromatic heterocycles. The van der Waals surface area contributed by atoms with Gasteiger partial charge in [0.05, 0.1) is 0 Å². The van der Waals surface area contributed by atoms with Gasteiger partial charge >= 0.3 is 204 Å². The van der Waals surface area contributed by atoms with Crippen LogP contribution in [0, 0.1) is 0 Å². The van der Waals surface area contributed by atoms with Crippen molar-refractivity contribution in [1.82, 2.24) is 0 Å². The molecule has 0 N–H and O–H groups in total. The maximum atomic E-state index is 6.66. The van der Waals surface area contributed by atoms with Crippen molar-refractivity contribution >= 4 is 32.6 Å². The molecule has 0 bridgehead atoms. The van der Waals surface area contributed by atoms with Crippen LogP contribution in [0.1, 0.15) is 213 Å². The fourth-order valence-electron chi connectivity index (χ4n) is 7.28. The molecule has 0 atom stereocenters. The summed E-state index contributed by atoms with van der Waals surface area (Å²) in [4.78, 5) is 8.86. The molecule has 0 saturated carbocycles. The normalized spacial score (nSPS) is 11.7. The molecule has 0 aliphatic rings. The van der Waals surface area contributed by atoms with E-state index in [0.717, 1.165) is 56.3 Å². The molecule has 0 radical (unpaired) electrons. The van der Waals surface area contributed by atoms with Gasteiger partial charge in [0, 0.05) is 0 Å². The van der Waals surface area contributed by atoms with E-state index < -0.39 is 18.4 Å². The molecule has 2 aromatic rings. The number of thiophene rings is 1. The average Bonchev–Trinajstić information content (AvgIpc) is 3.67. The first-order valence-corrected chi connectivity index (χ1v) is 34.4. The number of ether oxygens (including phenoxy) is 3. The first kappa shape index (κ1) is 49.3. The molecule has 3 nitrogen and oxygen atoms in total. The Morgan fingerprint density at radius 3 is 1.04 bits per heavy atom. The number of hydrogen-bond acceptors (Lipinski definition) is 4. The van der Waals surface area contributed by atoms with E-state index in [1.807, 2.05) is 11.3 Å². The third kappa shape index (κ3) is 24.0. The molecule has 0 aliphatic carbocycles. The van der Waals surface area contributed by atoms with E-state index in [4.69, 9.17) is 14.2 Å². The van der Waals surface area contributed by atoms with Gasteiger partial charge in [-0.2, -0.15) is 0 Å². The van der Waals surface area contributed by atoms with Crippen molar-refractivity contribution in [2.45, 2.75) is 228 Å². The summed E-state index contributed by atoms with van der Waals surface area (Å²) in [5.41, 5.74) is 1.21. The third-order valence-corrected chi connectivity index (χ3v) is 21.5. The summed E-state index contributed by atoms with van der Waals surface area (Å²) in [6.45, 7) is 9.09. The Morgan fingerprint density at radius 1 is 0.407 bits per heavy atom. The minimum Gasteiger partial charge on any atom is -0.0654 e. The number of hydrogen-bond donors (Lipinski definition) is 0. The van der Waals surface area contributed by atoms with Gasteiger partial charge in [0.25, 0.3) is 0 Å². The number of benzene rings is 1.